The van der Waals surface area contributed by atoms with Crippen LogP contribution < -0.4 is 5.32 Å². The number of carbonyl (C=O) groups is 1. The van der Waals surface area contributed by atoms with Crippen LogP contribution in [0.15, 0.2) is 67.0 Å². The minimum atomic E-state index is -0.254. The number of rotatable bonds is 3. The highest BCUT2D eigenvalue weighted by Gasteiger charge is 2.09. The van der Waals surface area contributed by atoms with Gasteiger partial charge in [-0.1, -0.05) is 24.3 Å². The highest BCUT2D eigenvalue weighted by Crippen LogP contribution is 2.15. The number of hydrogen-bond acceptors (Lipinski definition) is 5. The van der Waals surface area contributed by atoms with Crippen LogP contribution in [0.25, 0.3) is 16.6 Å². The minimum Gasteiger partial charge on any atom is -0.321 e. The number of benzene rings is 2. The first-order valence-corrected chi connectivity index (χ1v) is 7.30. The third-order valence-electron chi connectivity index (χ3n) is 3.57. The number of nitrogens with one attached hydrogen (secondary N) is 1. The van der Waals surface area contributed by atoms with E-state index >= 15 is 0 Å². The summed E-state index contributed by atoms with van der Waals surface area (Å²) in [6, 6.07) is 18.5. The molecule has 0 radical (unpaired) electrons. The van der Waals surface area contributed by atoms with Gasteiger partial charge in [-0.15, -0.1) is 5.10 Å². The van der Waals surface area contributed by atoms with Gasteiger partial charge < -0.3 is 5.32 Å². The number of amides is 1. The Morgan fingerprint density at radius 2 is 1.79 bits per heavy atom. The smallest absolute Gasteiger partial charge is 0.274 e. The molecular weight excluding hydrogens is 304 g/mol. The quantitative estimate of drug-likeness (QED) is 0.627. The van der Waals surface area contributed by atoms with E-state index in [4.69, 9.17) is 0 Å². The number of aromatic nitrogens is 5. The number of fused-ring (bicyclic) bond motifs is 1. The Balaban J connectivity index is 1.54. The maximum absolute atomic E-state index is 12.4. The van der Waals surface area contributed by atoms with Crippen LogP contribution in [-0.2, 0) is 0 Å². The number of nitrogens with zero attached hydrogens (tertiary/aromatic N) is 5. The van der Waals surface area contributed by atoms with Crippen LogP contribution in [-0.4, -0.2) is 31.1 Å². The van der Waals surface area contributed by atoms with Gasteiger partial charge in [0.2, 0.25) is 0 Å². The zero-order valence-electron chi connectivity index (χ0n) is 12.5. The first kappa shape index (κ1) is 14.0. The Morgan fingerprint density at radius 3 is 2.58 bits per heavy atom. The zero-order valence-corrected chi connectivity index (χ0v) is 12.5. The normalized spacial score (nSPS) is 10.7. The van der Waals surface area contributed by atoms with Crippen molar-refractivity contribution in [1.82, 2.24) is 25.2 Å². The number of hydrogen-bond donors (Lipinski definition) is 1. The van der Waals surface area contributed by atoms with Crippen molar-refractivity contribution in [2.75, 3.05) is 5.32 Å². The molecule has 24 heavy (non-hydrogen) atoms. The van der Waals surface area contributed by atoms with Gasteiger partial charge in [-0.25, -0.2) is 9.67 Å². The molecule has 0 unspecified atom stereocenters. The van der Waals surface area contributed by atoms with E-state index in [1.165, 1.54) is 11.0 Å². The van der Waals surface area contributed by atoms with E-state index in [2.05, 4.69) is 25.8 Å². The van der Waals surface area contributed by atoms with E-state index in [1.54, 1.807) is 18.2 Å². The molecule has 1 N–H and O–H groups in total. The minimum absolute atomic E-state index is 0.254. The first-order valence-electron chi connectivity index (χ1n) is 7.30. The molecule has 0 atom stereocenters. The molecule has 2 aromatic heterocycles. The van der Waals surface area contributed by atoms with Crippen LogP contribution in [0.2, 0.25) is 0 Å². The van der Waals surface area contributed by atoms with Crippen molar-refractivity contribution in [3.05, 3.63) is 72.7 Å². The number of pyridine rings is 1. The van der Waals surface area contributed by atoms with E-state index in [0.717, 1.165) is 16.6 Å². The molecule has 2 heterocycles. The highest BCUT2D eigenvalue weighted by molar-refractivity contribution is 6.04. The molecule has 0 fully saturated rings. The number of anilines is 1. The molecule has 0 aliphatic heterocycles. The van der Waals surface area contributed by atoms with Gasteiger partial charge in [-0.2, -0.15) is 0 Å². The molecule has 4 aromatic rings. The highest BCUT2D eigenvalue weighted by atomic mass is 16.1. The summed E-state index contributed by atoms with van der Waals surface area (Å²) in [7, 11) is 0. The lowest BCUT2D eigenvalue weighted by Gasteiger charge is -2.06. The van der Waals surface area contributed by atoms with Crippen LogP contribution in [0.3, 0.4) is 0 Å². The molecule has 0 aliphatic carbocycles. The number of carbonyl (C=O) groups excluding carboxylic acids is 1. The van der Waals surface area contributed by atoms with Gasteiger partial charge in [-0.3, -0.25) is 4.79 Å². The summed E-state index contributed by atoms with van der Waals surface area (Å²) in [5, 5.41) is 14.8. The lowest BCUT2D eigenvalue weighted by Crippen LogP contribution is -2.13. The Kier molecular flexibility index (Phi) is 3.43. The SMILES string of the molecule is O=C(Nc1ccc(-n2cnnn2)cc1)c1ccc2ccccc2n1. The van der Waals surface area contributed by atoms with Gasteiger partial charge in [0, 0.05) is 11.1 Å². The average molecular weight is 316 g/mol. The average Bonchev–Trinajstić information content (AvgIpc) is 3.16. The van der Waals surface area contributed by atoms with Gasteiger partial charge in [0.25, 0.3) is 5.91 Å². The van der Waals surface area contributed by atoms with E-state index in [-0.39, 0.29) is 5.91 Å². The fraction of sp³-hybridized carbons (Fsp3) is 0. The standard InChI is InChI=1S/C17H12N6O/c24-17(16-10-5-12-3-1-2-4-15(12)20-16)19-13-6-8-14(9-7-13)23-11-18-21-22-23/h1-11H,(H,19,24). The predicted molar refractivity (Wildman–Crippen MR) is 88.9 cm³/mol. The summed E-state index contributed by atoms with van der Waals surface area (Å²) >= 11 is 0. The monoisotopic (exact) mass is 316 g/mol. The van der Waals surface area contributed by atoms with Crippen LogP contribution >= 0.6 is 0 Å². The van der Waals surface area contributed by atoms with Gasteiger partial charge in [0.1, 0.15) is 12.0 Å². The summed E-state index contributed by atoms with van der Waals surface area (Å²) < 4.78 is 1.54. The molecule has 0 spiro atoms. The summed E-state index contributed by atoms with van der Waals surface area (Å²) in [4.78, 5) is 16.7. The van der Waals surface area contributed by atoms with Crippen molar-refractivity contribution in [3.8, 4) is 5.69 Å². The third-order valence-corrected chi connectivity index (χ3v) is 3.57. The molecular formula is C17H12N6O. The van der Waals surface area contributed by atoms with Crippen molar-refractivity contribution in [2.45, 2.75) is 0 Å². The molecule has 7 heteroatoms. The van der Waals surface area contributed by atoms with Gasteiger partial charge in [0.05, 0.1) is 11.2 Å². The third kappa shape index (κ3) is 2.70. The van der Waals surface area contributed by atoms with Crippen LogP contribution in [0, 0.1) is 0 Å². The predicted octanol–water partition coefficient (Wildman–Crippen LogP) is 2.46. The second kappa shape index (κ2) is 5.88. The second-order valence-electron chi connectivity index (χ2n) is 5.14. The van der Waals surface area contributed by atoms with Crippen molar-refractivity contribution in [3.63, 3.8) is 0 Å². The fourth-order valence-electron chi connectivity index (χ4n) is 2.36. The van der Waals surface area contributed by atoms with Crippen LogP contribution in [0.1, 0.15) is 10.5 Å². The molecule has 1 amide bonds. The largest absolute Gasteiger partial charge is 0.321 e. The molecule has 0 saturated heterocycles. The Bertz CT molecular complexity index is 995. The summed E-state index contributed by atoms with van der Waals surface area (Å²) in [5.74, 6) is -0.254. The molecule has 7 nitrogen and oxygen atoms in total. The summed E-state index contributed by atoms with van der Waals surface area (Å²) in [6.07, 6.45) is 1.51. The van der Waals surface area contributed by atoms with E-state index < -0.39 is 0 Å². The molecule has 0 aliphatic rings. The lowest BCUT2D eigenvalue weighted by atomic mass is 10.2. The number of para-hydroxylation sites is 1. The Labute approximate surface area is 137 Å². The van der Waals surface area contributed by atoms with E-state index in [0.29, 0.717) is 11.4 Å². The second-order valence-corrected chi connectivity index (χ2v) is 5.14. The maximum atomic E-state index is 12.4. The van der Waals surface area contributed by atoms with Crippen molar-refractivity contribution < 1.29 is 4.79 Å². The van der Waals surface area contributed by atoms with Crippen LogP contribution in [0.5, 0.6) is 0 Å². The first-order chi connectivity index (χ1) is 11.8. The van der Waals surface area contributed by atoms with Crippen molar-refractivity contribution in [2.24, 2.45) is 0 Å². The molecule has 4 rings (SSSR count). The maximum Gasteiger partial charge on any atom is 0.274 e. The van der Waals surface area contributed by atoms with Crippen LogP contribution in [0.4, 0.5) is 5.69 Å². The topological polar surface area (TPSA) is 85.6 Å². The summed E-state index contributed by atoms with van der Waals surface area (Å²) in [6.45, 7) is 0. The fourth-order valence-corrected chi connectivity index (χ4v) is 2.36. The molecule has 0 bridgehead atoms. The zero-order chi connectivity index (χ0) is 16.4. The summed E-state index contributed by atoms with van der Waals surface area (Å²) in [5.41, 5.74) is 2.64. The Hall–Kier alpha value is -3.61. The molecule has 116 valence electrons. The van der Waals surface area contributed by atoms with E-state index in [1.807, 2.05) is 42.5 Å². The van der Waals surface area contributed by atoms with Crippen molar-refractivity contribution in [1.29, 1.82) is 0 Å². The van der Waals surface area contributed by atoms with Crippen molar-refractivity contribution >= 4 is 22.5 Å². The van der Waals surface area contributed by atoms with Gasteiger partial charge in [-0.05, 0) is 46.8 Å². The lowest BCUT2D eigenvalue weighted by molar-refractivity contribution is 0.102. The van der Waals surface area contributed by atoms with Gasteiger partial charge in [0.15, 0.2) is 0 Å². The molecule has 2 aromatic carbocycles. The number of tetrazole rings is 1. The Morgan fingerprint density at radius 1 is 0.958 bits per heavy atom. The van der Waals surface area contributed by atoms with Gasteiger partial charge >= 0.3 is 0 Å². The van der Waals surface area contributed by atoms with E-state index in [9.17, 15) is 4.79 Å². The molecule has 0 saturated carbocycles.